The highest BCUT2D eigenvalue weighted by molar-refractivity contribution is 9.10. The predicted octanol–water partition coefficient (Wildman–Crippen LogP) is 4.28. The van der Waals surface area contributed by atoms with E-state index in [9.17, 15) is 13.2 Å². The maximum Gasteiger partial charge on any atom is 0.417 e. The average molecular weight is 335 g/mol. The second kappa shape index (κ2) is 5.53. The molecule has 0 saturated carbocycles. The molecule has 0 radical (unpaired) electrons. The first-order valence-corrected chi connectivity index (χ1v) is 6.89. The summed E-state index contributed by atoms with van der Waals surface area (Å²) in [5, 5.41) is 8.03. The standard InChI is InChI=1S/C13H14BrF3N2/c14-9-4-5-10(11(8-9)13(15,16)17)12(18)19-6-2-1-3-7-19/h4-5,8,18H,1-3,6-7H2. The highest BCUT2D eigenvalue weighted by atomic mass is 79.9. The SMILES string of the molecule is N=C(c1ccc(Br)cc1C(F)(F)F)N1CCCCC1. The molecule has 19 heavy (non-hydrogen) atoms. The van der Waals surface area contributed by atoms with Crippen LogP contribution in [-0.2, 0) is 6.18 Å². The molecule has 0 amide bonds. The van der Waals surface area contributed by atoms with Crippen LogP contribution in [0.25, 0.3) is 0 Å². The van der Waals surface area contributed by atoms with Crippen molar-refractivity contribution in [2.24, 2.45) is 0 Å². The van der Waals surface area contributed by atoms with Gasteiger partial charge in [-0.15, -0.1) is 0 Å². The molecule has 1 aromatic carbocycles. The molecular weight excluding hydrogens is 321 g/mol. The van der Waals surface area contributed by atoms with Crippen LogP contribution in [0.3, 0.4) is 0 Å². The van der Waals surface area contributed by atoms with Crippen molar-refractivity contribution in [3.05, 3.63) is 33.8 Å². The van der Waals surface area contributed by atoms with Crippen molar-refractivity contribution in [1.82, 2.24) is 4.90 Å². The summed E-state index contributed by atoms with van der Waals surface area (Å²) in [5.74, 6) is -0.0282. The maximum atomic E-state index is 13.0. The fourth-order valence-electron chi connectivity index (χ4n) is 2.25. The van der Waals surface area contributed by atoms with Crippen molar-refractivity contribution >= 4 is 21.8 Å². The van der Waals surface area contributed by atoms with Crippen molar-refractivity contribution in [1.29, 1.82) is 5.41 Å². The summed E-state index contributed by atoms with van der Waals surface area (Å²) in [6.07, 6.45) is -1.50. The summed E-state index contributed by atoms with van der Waals surface area (Å²) >= 11 is 3.05. The second-order valence-corrected chi connectivity index (χ2v) is 5.50. The number of amidine groups is 1. The lowest BCUT2D eigenvalue weighted by Gasteiger charge is -2.30. The predicted molar refractivity (Wildman–Crippen MR) is 71.4 cm³/mol. The molecule has 0 aromatic heterocycles. The van der Waals surface area contributed by atoms with Crippen LogP contribution in [0.1, 0.15) is 30.4 Å². The number of benzene rings is 1. The van der Waals surface area contributed by atoms with Gasteiger partial charge in [-0.2, -0.15) is 13.2 Å². The molecule has 0 unspecified atom stereocenters. The van der Waals surface area contributed by atoms with Gasteiger partial charge in [0.2, 0.25) is 0 Å². The third-order valence-corrected chi connectivity index (χ3v) is 3.71. The summed E-state index contributed by atoms with van der Waals surface area (Å²) in [7, 11) is 0. The molecular formula is C13H14BrF3N2. The summed E-state index contributed by atoms with van der Waals surface area (Å²) in [5.41, 5.74) is -0.796. The number of rotatable bonds is 1. The van der Waals surface area contributed by atoms with Gasteiger partial charge in [0, 0.05) is 23.1 Å². The lowest BCUT2D eigenvalue weighted by Crippen LogP contribution is -2.36. The quantitative estimate of drug-likeness (QED) is 0.602. The summed E-state index contributed by atoms with van der Waals surface area (Å²) in [6.45, 7) is 1.32. The number of hydrogen-bond acceptors (Lipinski definition) is 1. The van der Waals surface area contributed by atoms with Gasteiger partial charge in [0.05, 0.1) is 5.56 Å². The van der Waals surface area contributed by atoms with E-state index in [2.05, 4.69) is 15.9 Å². The summed E-state index contributed by atoms with van der Waals surface area (Å²) < 4.78 is 39.4. The van der Waals surface area contributed by atoms with E-state index in [1.54, 1.807) is 11.0 Å². The topological polar surface area (TPSA) is 27.1 Å². The van der Waals surface area contributed by atoms with Crippen molar-refractivity contribution in [2.75, 3.05) is 13.1 Å². The molecule has 104 valence electrons. The lowest BCUT2D eigenvalue weighted by atomic mass is 10.0. The molecule has 0 aliphatic carbocycles. The second-order valence-electron chi connectivity index (χ2n) is 4.58. The number of nitrogens with zero attached hydrogens (tertiary/aromatic N) is 1. The largest absolute Gasteiger partial charge is 0.417 e. The van der Waals surface area contributed by atoms with Crippen LogP contribution in [0, 0.1) is 5.41 Å². The molecule has 1 heterocycles. The molecule has 0 atom stereocenters. The smallest absolute Gasteiger partial charge is 0.357 e. The average Bonchev–Trinajstić information content (AvgIpc) is 2.38. The first-order chi connectivity index (χ1) is 8.89. The minimum absolute atomic E-state index is 0.0282. The van der Waals surface area contributed by atoms with Crippen LogP contribution >= 0.6 is 15.9 Å². The molecule has 1 aliphatic heterocycles. The van der Waals surface area contributed by atoms with E-state index >= 15 is 0 Å². The van der Waals surface area contributed by atoms with Crippen molar-refractivity contribution in [3.8, 4) is 0 Å². The van der Waals surface area contributed by atoms with Gasteiger partial charge in [-0.05, 0) is 37.5 Å². The van der Waals surface area contributed by atoms with Crippen LogP contribution in [0.4, 0.5) is 13.2 Å². The summed E-state index contributed by atoms with van der Waals surface area (Å²) in [6, 6.07) is 3.95. The molecule has 2 rings (SSSR count). The van der Waals surface area contributed by atoms with E-state index in [-0.39, 0.29) is 11.4 Å². The van der Waals surface area contributed by atoms with E-state index in [4.69, 9.17) is 5.41 Å². The molecule has 1 aromatic rings. The Morgan fingerprint density at radius 2 is 1.79 bits per heavy atom. The zero-order valence-corrected chi connectivity index (χ0v) is 11.8. The molecule has 1 saturated heterocycles. The highest BCUT2D eigenvalue weighted by Gasteiger charge is 2.35. The Morgan fingerprint density at radius 1 is 1.16 bits per heavy atom. The molecule has 0 spiro atoms. The van der Waals surface area contributed by atoms with E-state index < -0.39 is 11.7 Å². The third kappa shape index (κ3) is 3.29. The Hall–Kier alpha value is -1.04. The minimum atomic E-state index is -4.44. The van der Waals surface area contributed by atoms with Gasteiger partial charge in [-0.3, -0.25) is 5.41 Å². The number of hydrogen-bond donors (Lipinski definition) is 1. The van der Waals surface area contributed by atoms with E-state index in [1.165, 1.54) is 6.07 Å². The van der Waals surface area contributed by atoms with E-state index in [0.717, 1.165) is 25.3 Å². The van der Waals surface area contributed by atoms with E-state index in [0.29, 0.717) is 17.6 Å². The lowest BCUT2D eigenvalue weighted by molar-refractivity contribution is -0.137. The number of nitrogens with one attached hydrogen (secondary N) is 1. The van der Waals surface area contributed by atoms with Crippen molar-refractivity contribution in [3.63, 3.8) is 0 Å². The molecule has 1 aliphatic rings. The molecule has 2 nitrogen and oxygen atoms in total. The first kappa shape index (κ1) is 14.4. The minimum Gasteiger partial charge on any atom is -0.357 e. The van der Waals surface area contributed by atoms with Crippen LogP contribution < -0.4 is 0 Å². The van der Waals surface area contributed by atoms with Crippen molar-refractivity contribution < 1.29 is 13.2 Å². The molecule has 1 N–H and O–H groups in total. The number of piperidine rings is 1. The fourth-order valence-corrected chi connectivity index (χ4v) is 2.61. The number of alkyl halides is 3. The Morgan fingerprint density at radius 3 is 2.37 bits per heavy atom. The van der Waals surface area contributed by atoms with Gasteiger partial charge in [-0.25, -0.2) is 0 Å². The zero-order chi connectivity index (χ0) is 14.0. The number of halogens is 4. The Kier molecular flexibility index (Phi) is 4.18. The van der Waals surface area contributed by atoms with Gasteiger partial charge < -0.3 is 4.90 Å². The van der Waals surface area contributed by atoms with Crippen LogP contribution in [0.2, 0.25) is 0 Å². The van der Waals surface area contributed by atoms with Crippen molar-refractivity contribution in [2.45, 2.75) is 25.4 Å². The Balaban J connectivity index is 2.35. The summed E-state index contributed by atoms with van der Waals surface area (Å²) in [4.78, 5) is 1.72. The molecule has 0 bridgehead atoms. The third-order valence-electron chi connectivity index (χ3n) is 3.21. The number of likely N-dealkylation sites (tertiary alicyclic amines) is 1. The zero-order valence-electron chi connectivity index (χ0n) is 10.2. The Bertz CT molecular complexity index is 479. The molecule has 1 fully saturated rings. The molecule has 6 heteroatoms. The normalized spacial score (nSPS) is 16.5. The first-order valence-electron chi connectivity index (χ1n) is 6.10. The maximum absolute atomic E-state index is 13.0. The van der Waals surface area contributed by atoms with Gasteiger partial charge in [0.25, 0.3) is 0 Å². The van der Waals surface area contributed by atoms with Gasteiger partial charge >= 0.3 is 6.18 Å². The monoisotopic (exact) mass is 334 g/mol. The fraction of sp³-hybridized carbons (Fsp3) is 0.462. The van der Waals surface area contributed by atoms with E-state index in [1.807, 2.05) is 0 Å². The van der Waals surface area contributed by atoms with Gasteiger partial charge in [-0.1, -0.05) is 15.9 Å². The van der Waals surface area contributed by atoms with Crippen LogP contribution in [-0.4, -0.2) is 23.8 Å². The highest BCUT2D eigenvalue weighted by Crippen LogP contribution is 2.34. The van der Waals surface area contributed by atoms with Gasteiger partial charge in [0.1, 0.15) is 5.84 Å². The van der Waals surface area contributed by atoms with Gasteiger partial charge in [0.15, 0.2) is 0 Å². The Labute approximate surface area is 118 Å². The van der Waals surface area contributed by atoms with Crippen LogP contribution in [0.5, 0.6) is 0 Å². The van der Waals surface area contributed by atoms with Crippen LogP contribution in [0.15, 0.2) is 22.7 Å².